The number of nitrogens with zero attached hydrogens (tertiary/aromatic N) is 2. The molecule has 1 atom stereocenters. The van der Waals surface area contributed by atoms with E-state index in [1.54, 1.807) is 7.11 Å². The molecule has 1 aliphatic carbocycles. The number of hydrogen-bond acceptors (Lipinski definition) is 5. The summed E-state index contributed by atoms with van der Waals surface area (Å²) >= 11 is 0. The molecule has 0 saturated carbocycles. The molecule has 140 valence electrons. The number of methoxy groups -OCH3 is 1. The zero-order chi connectivity index (χ0) is 19.7. The Kier molecular flexibility index (Phi) is 4.62. The van der Waals surface area contributed by atoms with Crippen LogP contribution in [0.1, 0.15) is 30.7 Å². The van der Waals surface area contributed by atoms with E-state index < -0.39 is 5.92 Å². The first-order valence-electron chi connectivity index (χ1n) is 9.30. The third kappa shape index (κ3) is 2.84. The second-order valence-electron chi connectivity index (χ2n) is 6.92. The molecule has 4 rings (SSSR count). The van der Waals surface area contributed by atoms with Crippen molar-refractivity contribution in [2.75, 3.05) is 12.0 Å². The SMILES string of the molecule is COc1ccc([C@@H]2C(C#N)=C(N)N(c3ccccc3)C3=C2C(=O)CCC3)cc1. The number of ether oxygens (including phenoxy) is 1. The maximum absolute atomic E-state index is 13.0. The first kappa shape index (κ1) is 17.9. The van der Waals surface area contributed by atoms with Gasteiger partial charge < -0.3 is 10.5 Å². The maximum Gasteiger partial charge on any atom is 0.161 e. The van der Waals surface area contributed by atoms with Crippen LogP contribution >= 0.6 is 0 Å². The van der Waals surface area contributed by atoms with Crippen molar-refractivity contribution in [1.82, 2.24) is 0 Å². The summed E-state index contributed by atoms with van der Waals surface area (Å²) in [4.78, 5) is 14.9. The zero-order valence-corrected chi connectivity index (χ0v) is 15.7. The fraction of sp³-hybridized carbons (Fsp3) is 0.217. The standard InChI is InChI=1S/C23H21N3O2/c1-28-17-12-10-15(11-13-17)21-18(14-24)23(25)26(16-6-3-2-4-7-16)19-8-5-9-20(27)22(19)21/h2-4,6-7,10-13,21H,5,8-9,25H2,1H3/t21-/m1/s1. The highest BCUT2D eigenvalue weighted by molar-refractivity contribution is 6.01. The molecule has 0 aromatic heterocycles. The minimum atomic E-state index is -0.446. The number of anilines is 1. The van der Waals surface area contributed by atoms with Crippen molar-refractivity contribution in [3.63, 3.8) is 0 Å². The summed E-state index contributed by atoms with van der Waals surface area (Å²) in [5.41, 5.74) is 10.2. The molecule has 28 heavy (non-hydrogen) atoms. The third-order valence-electron chi connectivity index (χ3n) is 5.38. The molecule has 0 spiro atoms. The van der Waals surface area contributed by atoms with E-state index in [9.17, 15) is 10.1 Å². The van der Waals surface area contributed by atoms with Crippen molar-refractivity contribution >= 4 is 11.5 Å². The Morgan fingerprint density at radius 2 is 1.82 bits per heavy atom. The second kappa shape index (κ2) is 7.24. The van der Waals surface area contributed by atoms with Gasteiger partial charge in [-0.2, -0.15) is 5.26 Å². The summed E-state index contributed by atoms with van der Waals surface area (Å²) < 4.78 is 5.24. The molecule has 0 amide bonds. The predicted molar refractivity (Wildman–Crippen MR) is 107 cm³/mol. The molecule has 1 heterocycles. The van der Waals surface area contributed by atoms with Crippen molar-refractivity contribution in [1.29, 1.82) is 5.26 Å². The Morgan fingerprint density at radius 1 is 1.11 bits per heavy atom. The quantitative estimate of drug-likeness (QED) is 0.882. The van der Waals surface area contributed by atoms with E-state index in [2.05, 4.69) is 6.07 Å². The molecular formula is C23H21N3O2. The minimum absolute atomic E-state index is 0.0863. The molecule has 1 aliphatic heterocycles. The van der Waals surface area contributed by atoms with Crippen LogP contribution in [-0.4, -0.2) is 12.9 Å². The molecule has 0 fully saturated rings. The van der Waals surface area contributed by atoms with Crippen LogP contribution in [0.5, 0.6) is 5.75 Å². The van der Waals surface area contributed by atoms with Gasteiger partial charge in [0.25, 0.3) is 0 Å². The summed E-state index contributed by atoms with van der Waals surface area (Å²) in [6.45, 7) is 0. The maximum atomic E-state index is 13.0. The molecule has 2 aromatic rings. The molecule has 0 bridgehead atoms. The van der Waals surface area contributed by atoms with Crippen LogP contribution in [0.15, 0.2) is 77.3 Å². The molecule has 0 unspecified atom stereocenters. The fourth-order valence-electron chi connectivity index (χ4n) is 4.09. The van der Waals surface area contributed by atoms with Crippen LogP contribution in [-0.2, 0) is 4.79 Å². The van der Waals surface area contributed by atoms with E-state index >= 15 is 0 Å². The number of benzene rings is 2. The van der Waals surface area contributed by atoms with Crippen molar-refractivity contribution in [2.45, 2.75) is 25.2 Å². The number of ketones is 1. The van der Waals surface area contributed by atoms with Gasteiger partial charge in [-0.1, -0.05) is 30.3 Å². The number of allylic oxidation sites excluding steroid dienone is 3. The van der Waals surface area contributed by atoms with E-state index in [0.717, 1.165) is 35.5 Å². The fourth-order valence-corrected chi connectivity index (χ4v) is 4.09. The highest BCUT2D eigenvalue weighted by Crippen LogP contribution is 2.46. The van der Waals surface area contributed by atoms with Crippen molar-refractivity contribution in [3.8, 4) is 11.8 Å². The van der Waals surface area contributed by atoms with Gasteiger partial charge >= 0.3 is 0 Å². The Labute approximate surface area is 164 Å². The van der Waals surface area contributed by atoms with Crippen LogP contribution in [0, 0.1) is 11.3 Å². The lowest BCUT2D eigenvalue weighted by atomic mass is 9.75. The first-order valence-corrected chi connectivity index (χ1v) is 9.30. The molecular weight excluding hydrogens is 350 g/mol. The van der Waals surface area contributed by atoms with Crippen LogP contribution in [0.3, 0.4) is 0 Å². The van der Waals surface area contributed by atoms with Gasteiger partial charge in [-0.15, -0.1) is 0 Å². The highest BCUT2D eigenvalue weighted by Gasteiger charge is 2.40. The number of carbonyl (C=O) groups excluding carboxylic acids is 1. The van der Waals surface area contributed by atoms with Gasteiger partial charge in [-0.05, 0) is 42.7 Å². The van der Waals surface area contributed by atoms with Crippen LogP contribution in [0.25, 0.3) is 0 Å². The Morgan fingerprint density at radius 3 is 2.46 bits per heavy atom. The average Bonchev–Trinajstić information content (AvgIpc) is 2.74. The van der Waals surface area contributed by atoms with Gasteiger partial charge in [0.15, 0.2) is 5.78 Å². The topological polar surface area (TPSA) is 79.3 Å². The summed E-state index contributed by atoms with van der Waals surface area (Å²) in [5, 5.41) is 9.96. The minimum Gasteiger partial charge on any atom is -0.497 e. The van der Waals surface area contributed by atoms with E-state index in [4.69, 9.17) is 10.5 Å². The Bertz CT molecular complexity index is 1010. The van der Waals surface area contributed by atoms with Crippen molar-refractivity contribution in [2.24, 2.45) is 5.73 Å². The van der Waals surface area contributed by atoms with Crippen LogP contribution in [0.2, 0.25) is 0 Å². The van der Waals surface area contributed by atoms with Crippen molar-refractivity contribution in [3.05, 3.63) is 82.8 Å². The largest absolute Gasteiger partial charge is 0.497 e. The summed E-state index contributed by atoms with van der Waals surface area (Å²) in [6, 6.07) is 19.4. The number of hydrogen-bond donors (Lipinski definition) is 1. The zero-order valence-electron chi connectivity index (χ0n) is 15.7. The normalized spacial score (nSPS) is 19.4. The number of Topliss-reactive ketones (excluding diaryl/α,β-unsaturated/α-hetero) is 1. The van der Waals surface area contributed by atoms with E-state index in [0.29, 0.717) is 23.4 Å². The predicted octanol–water partition coefficient (Wildman–Crippen LogP) is 4.00. The molecule has 0 saturated heterocycles. The number of carbonyl (C=O) groups is 1. The monoisotopic (exact) mass is 371 g/mol. The molecule has 2 N–H and O–H groups in total. The van der Waals surface area contributed by atoms with Crippen molar-refractivity contribution < 1.29 is 9.53 Å². The number of para-hydroxylation sites is 1. The second-order valence-corrected chi connectivity index (χ2v) is 6.92. The lowest BCUT2D eigenvalue weighted by Gasteiger charge is -2.39. The Hall–Kier alpha value is -3.52. The first-order chi connectivity index (χ1) is 13.7. The average molecular weight is 371 g/mol. The summed E-state index contributed by atoms with van der Waals surface area (Å²) in [5.74, 6) is 0.759. The number of nitrogens with two attached hydrogens (primary N) is 1. The lowest BCUT2D eigenvalue weighted by Crippen LogP contribution is -2.38. The molecule has 5 nitrogen and oxygen atoms in total. The van der Waals surface area contributed by atoms with Gasteiger partial charge in [0, 0.05) is 23.4 Å². The smallest absolute Gasteiger partial charge is 0.161 e. The van der Waals surface area contributed by atoms with Gasteiger partial charge in [-0.25, -0.2) is 0 Å². The summed E-state index contributed by atoms with van der Waals surface area (Å²) in [6.07, 6.45) is 2.03. The van der Waals surface area contributed by atoms with Gasteiger partial charge in [-0.3, -0.25) is 9.69 Å². The summed E-state index contributed by atoms with van der Waals surface area (Å²) in [7, 11) is 1.61. The van der Waals surface area contributed by atoms with Crippen LogP contribution < -0.4 is 15.4 Å². The van der Waals surface area contributed by atoms with Gasteiger partial charge in [0.2, 0.25) is 0 Å². The lowest BCUT2D eigenvalue weighted by molar-refractivity contribution is -0.116. The molecule has 2 aromatic carbocycles. The van der Waals surface area contributed by atoms with Gasteiger partial charge in [0.1, 0.15) is 11.6 Å². The number of rotatable bonds is 3. The number of nitriles is 1. The van der Waals surface area contributed by atoms with E-state index in [-0.39, 0.29) is 5.78 Å². The molecule has 2 aliphatic rings. The third-order valence-corrected chi connectivity index (χ3v) is 5.38. The Balaban J connectivity index is 1.93. The van der Waals surface area contributed by atoms with Crippen LogP contribution in [0.4, 0.5) is 5.69 Å². The van der Waals surface area contributed by atoms with Gasteiger partial charge in [0.05, 0.1) is 24.7 Å². The van der Waals surface area contributed by atoms with E-state index in [1.807, 2.05) is 59.5 Å². The highest BCUT2D eigenvalue weighted by atomic mass is 16.5. The molecule has 0 radical (unpaired) electrons. The van der Waals surface area contributed by atoms with E-state index in [1.165, 1.54) is 0 Å². The molecule has 5 heteroatoms.